The quantitative estimate of drug-likeness (QED) is 0.643. The number of hydrogen-bond acceptors (Lipinski definition) is 2. The Kier molecular flexibility index (Phi) is 2.10. The fourth-order valence-electron chi connectivity index (χ4n) is 1.27. The van der Waals surface area contributed by atoms with Crippen LogP contribution in [0.3, 0.4) is 0 Å². The Morgan fingerprint density at radius 3 is 2.92 bits per heavy atom. The Hall–Kier alpha value is -1.22. The first kappa shape index (κ1) is 8.38. The van der Waals surface area contributed by atoms with E-state index in [2.05, 4.69) is 0 Å². The number of hydrogen-bond donors (Lipinski definition) is 0. The van der Waals surface area contributed by atoms with Gasteiger partial charge in [-0.15, -0.1) is 11.8 Å². The largest absolute Gasteiger partial charge is 0.284 e. The first-order chi connectivity index (χ1) is 6.31. The summed E-state index contributed by atoms with van der Waals surface area (Å²) in [6, 6.07) is 9.37. The van der Waals surface area contributed by atoms with Gasteiger partial charge in [-0.3, -0.25) is 9.20 Å². The molecule has 2 heterocycles. The molecule has 0 atom stereocenters. The molecule has 2 nitrogen and oxygen atoms in total. The molecule has 0 N–H and O–H groups in total. The molecule has 0 aliphatic rings. The van der Waals surface area contributed by atoms with E-state index in [4.69, 9.17) is 0 Å². The van der Waals surface area contributed by atoms with Crippen molar-refractivity contribution in [3.05, 3.63) is 46.9 Å². The summed E-state index contributed by atoms with van der Waals surface area (Å²) in [6.45, 7) is 0. The van der Waals surface area contributed by atoms with Gasteiger partial charge in [-0.1, -0.05) is 6.07 Å². The summed E-state index contributed by atoms with van der Waals surface area (Å²) in [4.78, 5) is 12.5. The zero-order valence-corrected chi connectivity index (χ0v) is 8.04. The van der Waals surface area contributed by atoms with Gasteiger partial charge in [0.2, 0.25) is 0 Å². The molecule has 13 heavy (non-hydrogen) atoms. The third kappa shape index (κ3) is 1.47. The summed E-state index contributed by atoms with van der Waals surface area (Å²) < 4.78 is 1.64. The highest BCUT2D eigenvalue weighted by atomic mass is 32.2. The second-order valence-corrected chi connectivity index (χ2v) is 3.61. The monoisotopic (exact) mass is 191 g/mol. The molecule has 0 amide bonds. The van der Waals surface area contributed by atoms with Crippen LogP contribution < -0.4 is 5.56 Å². The van der Waals surface area contributed by atoms with Gasteiger partial charge >= 0.3 is 0 Å². The lowest BCUT2D eigenvalue weighted by atomic mass is 10.3. The second kappa shape index (κ2) is 3.26. The maximum Gasteiger partial charge on any atom is 0.256 e. The Bertz CT molecular complexity index is 489. The fraction of sp³-hybridized carbons (Fsp3) is 0.100. The molecule has 0 bridgehead atoms. The van der Waals surface area contributed by atoms with Crippen molar-refractivity contribution in [2.45, 2.75) is 4.90 Å². The van der Waals surface area contributed by atoms with E-state index in [9.17, 15) is 4.79 Å². The molecule has 2 rings (SSSR count). The standard InChI is InChI=1S/C10H9NOS/c1-13-9-6-8-4-2-3-5-11(8)10(12)7-9/h2-7H,1H3. The van der Waals surface area contributed by atoms with Crippen LogP contribution in [-0.4, -0.2) is 10.7 Å². The van der Waals surface area contributed by atoms with Crippen LogP contribution in [0, 0.1) is 0 Å². The van der Waals surface area contributed by atoms with Crippen molar-refractivity contribution in [3.63, 3.8) is 0 Å². The molecule has 3 heteroatoms. The molecule has 0 spiro atoms. The first-order valence-corrected chi connectivity index (χ1v) is 5.19. The first-order valence-electron chi connectivity index (χ1n) is 3.97. The molecule has 66 valence electrons. The van der Waals surface area contributed by atoms with Crippen molar-refractivity contribution < 1.29 is 0 Å². The van der Waals surface area contributed by atoms with E-state index < -0.39 is 0 Å². The highest BCUT2D eigenvalue weighted by Gasteiger charge is 1.97. The molecule has 0 saturated carbocycles. The van der Waals surface area contributed by atoms with Gasteiger partial charge in [-0.05, 0) is 24.5 Å². The van der Waals surface area contributed by atoms with Crippen LogP contribution in [0.4, 0.5) is 0 Å². The molecule has 0 radical (unpaired) electrons. The molecule has 2 aromatic rings. The van der Waals surface area contributed by atoms with Gasteiger partial charge in [0.15, 0.2) is 0 Å². The normalized spacial score (nSPS) is 10.5. The molecule has 0 fully saturated rings. The number of rotatable bonds is 1. The van der Waals surface area contributed by atoms with Crippen LogP contribution in [0.5, 0.6) is 0 Å². The molecule has 0 aliphatic heterocycles. The van der Waals surface area contributed by atoms with Gasteiger partial charge in [-0.2, -0.15) is 0 Å². The molecule has 2 aromatic heterocycles. The number of pyridine rings is 2. The van der Waals surface area contributed by atoms with Crippen molar-refractivity contribution in [1.82, 2.24) is 4.40 Å². The highest BCUT2D eigenvalue weighted by molar-refractivity contribution is 7.98. The van der Waals surface area contributed by atoms with Crippen molar-refractivity contribution in [3.8, 4) is 0 Å². The lowest BCUT2D eigenvalue weighted by molar-refractivity contribution is 1.07. The van der Waals surface area contributed by atoms with Crippen molar-refractivity contribution in [2.24, 2.45) is 0 Å². The SMILES string of the molecule is CSc1cc(=O)n2ccccc2c1. The van der Waals surface area contributed by atoms with Gasteiger partial charge in [-0.25, -0.2) is 0 Å². The van der Waals surface area contributed by atoms with Crippen LogP contribution in [0.15, 0.2) is 46.2 Å². The van der Waals surface area contributed by atoms with Gasteiger partial charge < -0.3 is 0 Å². The third-order valence-corrected chi connectivity index (χ3v) is 2.63. The Labute approximate surface area is 80.2 Å². The summed E-state index contributed by atoms with van der Waals surface area (Å²) in [5, 5.41) is 0. The minimum atomic E-state index is 0.0300. The van der Waals surface area contributed by atoms with Crippen molar-refractivity contribution in [1.29, 1.82) is 0 Å². The smallest absolute Gasteiger partial charge is 0.256 e. The zero-order chi connectivity index (χ0) is 9.26. The third-order valence-electron chi connectivity index (χ3n) is 1.92. The van der Waals surface area contributed by atoms with Crippen LogP contribution in [0.2, 0.25) is 0 Å². The van der Waals surface area contributed by atoms with E-state index in [1.165, 1.54) is 0 Å². The topological polar surface area (TPSA) is 21.5 Å². The van der Waals surface area contributed by atoms with Gasteiger partial charge in [0.05, 0.1) is 0 Å². The molecular formula is C10H9NOS. The maximum absolute atomic E-state index is 11.5. The molecule has 0 saturated heterocycles. The van der Waals surface area contributed by atoms with E-state index in [0.717, 1.165) is 10.4 Å². The Balaban J connectivity index is 2.85. The van der Waals surface area contributed by atoms with Crippen molar-refractivity contribution >= 4 is 17.3 Å². The molecule has 0 unspecified atom stereocenters. The van der Waals surface area contributed by atoms with E-state index in [1.54, 1.807) is 28.4 Å². The Morgan fingerprint density at radius 2 is 2.15 bits per heavy atom. The molecular weight excluding hydrogens is 182 g/mol. The zero-order valence-electron chi connectivity index (χ0n) is 7.23. The highest BCUT2D eigenvalue weighted by Crippen LogP contribution is 2.13. The summed E-state index contributed by atoms with van der Waals surface area (Å²) in [7, 11) is 0. The summed E-state index contributed by atoms with van der Waals surface area (Å²) in [5.41, 5.74) is 0.974. The van der Waals surface area contributed by atoms with Gasteiger partial charge in [0, 0.05) is 22.7 Å². The lowest BCUT2D eigenvalue weighted by Crippen LogP contribution is -2.11. The second-order valence-electron chi connectivity index (χ2n) is 2.73. The Morgan fingerprint density at radius 1 is 1.31 bits per heavy atom. The van der Waals surface area contributed by atoms with Crippen LogP contribution in [0.25, 0.3) is 5.52 Å². The number of thioether (sulfide) groups is 1. The van der Waals surface area contributed by atoms with Crippen molar-refractivity contribution in [2.75, 3.05) is 6.26 Å². The summed E-state index contributed by atoms with van der Waals surface area (Å²) >= 11 is 1.58. The fourth-order valence-corrected chi connectivity index (χ4v) is 1.73. The number of fused-ring (bicyclic) bond motifs is 1. The van der Waals surface area contributed by atoms with Crippen LogP contribution >= 0.6 is 11.8 Å². The molecule has 0 aliphatic carbocycles. The minimum Gasteiger partial charge on any atom is -0.284 e. The molecule has 0 aromatic carbocycles. The maximum atomic E-state index is 11.5. The van der Waals surface area contributed by atoms with Crippen LogP contribution in [-0.2, 0) is 0 Å². The summed E-state index contributed by atoms with van der Waals surface area (Å²) in [6.07, 6.45) is 3.75. The lowest BCUT2D eigenvalue weighted by Gasteiger charge is -2.01. The minimum absolute atomic E-state index is 0.0300. The van der Waals surface area contributed by atoms with E-state index in [1.807, 2.05) is 30.5 Å². The predicted molar refractivity (Wildman–Crippen MR) is 55.4 cm³/mol. The van der Waals surface area contributed by atoms with Crippen LogP contribution in [0.1, 0.15) is 0 Å². The van der Waals surface area contributed by atoms with Gasteiger partial charge in [0.25, 0.3) is 5.56 Å². The number of nitrogens with zero attached hydrogens (tertiary/aromatic N) is 1. The number of aromatic nitrogens is 1. The predicted octanol–water partition coefficient (Wildman–Crippen LogP) is 2.02. The average Bonchev–Trinajstić information content (AvgIpc) is 2.18. The van der Waals surface area contributed by atoms with Gasteiger partial charge in [0.1, 0.15) is 0 Å². The van der Waals surface area contributed by atoms with E-state index >= 15 is 0 Å². The van der Waals surface area contributed by atoms with E-state index in [0.29, 0.717) is 0 Å². The summed E-state index contributed by atoms with van der Waals surface area (Å²) in [5.74, 6) is 0. The average molecular weight is 191 g/mol. The van der Waals surface area contributed by atoms with E-state index in [-0.39, 0.29) is 5.56 Å².